The van der Waals surface area contributed by atoms with Crippen LogP contribution in [0.4, 0.5) is 0 Å². The van der Waals surface area contributed by atoms with Gasteiger partial charge in [0, 0.05) is 6.42 Å². The fourth-order valence-corrected chi connectivity index (χ4v) is 4.72. The molecular weight excluding hydrogens is 464 g/mol. The van der Waals surface area contributed by atoms with Crippen LogP contribution in [0.3, 0.4) is 0 Å². The molecule has 8 heteroatoms. The molecule has 2 aromatic carbocycles. The van der Waals surface area contributed by atoms with Gasteiger partial charge in [0.05, 0.1) is 36.3 Å². The summed E-state index contributed by atoms with van der Waals surface area (Å²) >= 11 is 1.57. The number of ether oxygens (including phenoxy) is 3. The molecule has 0 spiro atoms. The second-order valence-corrected chi connectivity index (χ2v) is 9.61. The van der Waals surface area contributed by atoms with Crippen LogP contribution in [0.2, 0.25) is 0 Å². The van der Waals surface area contributed by atoms with E-state index in [1.54, 1.807) is 39.4 Å². The number of hydrazone groups is 1. The molecule has 35 heavy (non-hydrogen) atoms. The maximum atomic E-state index is 13.3. The number of amides is 1. The van der Waals surface area contributed by atoms with Gasteiger partial charge in [0.25, 0.3) is 5.91 Å². The second-order valence-electron chi connectivity index (χ2n) is 8.66. The molecule has 0 aliphatic carbocycles. The lowest BCUT2D eigenvalue weighted by Gasteiger charge is -2.25. The van der Waals surface area contributed by atoms with E-state index >= 15 is 0 Å². The number of carbonyl (C=O) groups excluding carboxylic acids is 2. The first-order valence-electron chi connectivity index (χ1n) is 11.2. The SMILES string of the molecule is COc1ccc(C2CC(c3cccs3)=NN2C(=O)COC(=O)C(C)(C)c2ccccc2)cc1OC. The molecule has 182 valence electrons. The molecule has 2 heterocycles. The number of carbonyl (C=O) groups is 2. The first kappa shape index (κ1) is 24.5. The quantitative estimate of drug-likeness (QED) is 0.415. The van der Waals surface area contributed by atoms with Crippen LogP contribution in [0, 0.1) is 0 Å². The summed E-state index contributed by atoms with van der Waals surface area (Å²) in [6, 6.07) is 18.5. The Labute approximate surface area is 208 Å². The summed E-state index contributed by atoms with van der Waals surface area (Å²) in [5.74, 6) is 0.302. The van der Waals surface area contributed by atoms with Crippen molar-refractivity contribution in [3.05, 3.63) is 82.0 Å². The van der Waals surface area contributed by atoms with Crippen molar-refractivity contribution in [3.8, 4) is 11.5 Å². The smallest absolute Gasteiger partial charge is 0.316 e. The number of hydrogen-bond acceptors (Lipinski definition) is 7. The predicted molar refractivity (Wildman–Crippen MR) is 135 cm³/mol. The Morgan fingerprint density at radius 1 is 1.03 bits per heavy atom. The van der Waals surface area contributed by atoms with Crippen LogP contribution in [-0.2, 0) is 19.7 Å². The van der Waals surface area contributed by atoms with E-state index in [-0.39, 0.29) is 6.04 Å². The Morgan fingerprint density at radius 2 is 1.77 bits per heavy atom. The standard InChI is InChI=1S/C27H28N2O5S/c1-27(2,19-9-6-5-7-10-19)26(31)34-17-25(30)29-21(16-20(28-29)24-11-8-14-35-24)18-12-13-22(32-3)23(15-18)33-4/h5-15,21H,16-17H2,1-4H3. The van der Waals surface area contributed by atoms with Crippen molar-refractivity contribution in [2.24, 2.45) is 5.10 Å². The number of esters is 1. The molecule has 1 amide bonds. The monoisotopic (exact) mass is 492 g/mol. The molecular formula is C27H28N2O5S. The third-order valence-corrected chi connectivity index (χ3v) is 7.02. The Bertz CT molecular complexity index is 1220. The van der Waals surface area contributed by atoms with Crippen LogP contribution in [0.25, 0.3) is 0 Å². The van der Waals surface area contributed by atoms with E-state index in [9.17, 15) is 9.59 Å². The predicted octanol–water partition coefficient (Wildman–Crippen LogP) is 4.96. The van der Waals surface area contributed by atoms with Gasteiger partial charge in [-0.2, -0.15) is 5.10 Å². The minimum atomic E-state index is -0.888. The molecule has 0 N–H and O–H groups in total. The topological polar surface area (TPSA) is 77.4 Å². The van der Waals surface area contributed by atoms with Gasteiger partial charge in [0.2, 0.25) is 0 Å². The summed E-state index contributed by atoms with van der Waals surface area (Å²) in [4.78, 5) is 27.2. The van der Waals surface area contributed by atoms with E-state index in [2.05, 4.69) is 5.10 Å². The largest absolute Gasteiger partial charge is 0.493 e. The zero-order valence-corrected chi connectivity index (χ0v) is 21.0. The van der Waals surface area contributed by atoms with Gasteiger partial charge in [0.1, 0.15) is 0 Å². The van der Waals surface area contributed by atoms with E-state index in [1.807, 2.05) is 66.0 Å². The molecule has 0 bridgehead atoms. The highest BCUT2D eigenvalue weighted by Gasteiger charge is 2.36. The molecule has 3 aromatic rings. The summed E-state index contributed by atoms with van der Waals surface area (Å²) in [7, 11) is 3.15. The number of benzene rings is 2. The van der Waals surface area contributed by atoms with E-state index in [0.29, 0.717) is 17.9 Å². The van der Waals surface area contributed by atoms with Crippen LogP contribution in [0.15, 0.2) is 71.1 Å². The normalized spacial score (nSPS) is 15.5. The van der Waals surface area contributed by atoms with Crippen LogP contribution in [0.5, 0.6) is 11.5 Å². The fourth-order valence-electron chi connectivity index (χ4n) is 4.00. The van der Waals surface area contributed by atoms with Crippen molar-refractivity contribution in [2.75, 3.05) is 20.8 Å². The number of rotatable bonds is 8. The van der Waals surface area contributed by atoms with Gasteiger partial charge in [-0.25, -0.2) is 5.01 Å². The molecule has 4 rings (SSSR count). The van der Waals surface area contributed by atoms with E-state index < -0.39 is 23.9 Å². The van der Waals surface area contributed by atoms with Crippen molar-refractivity contribution in [2.45, 2.75) is 31.7 Å². The molecule has 1 atom stereocenters. The zero-order chi connectivity index (χ0) is 25.0. The Balaban J connectivity index is 1.55. The maximum absolute atomic E-state index is 13.3. The molecule has 1 aliphatic heterocycles. The highest BCUT2D eigenvalue weighted by molar-refractivity contribution is 7.12. The average molecular weight is 493 g/mol. The van der Waals surface area contributed by atoms with Crippen LogP contribution < -0.4 is 9.47 Å². The first-order valence-corrected chi connectivity index (χ1v) is 12.1. The lowest BCUT2D eigenvalue weighted by Crippen LogP contribution is -2.36. The molecule has 1 unspecified atom stereocenters. The second kappa shape index (κ2) is 10.3. The minimum Gasteiger partial charge on any atom is -0.493 e. The van der Waals surface area contributed by atoms with Crippen molar-refractivity contribution in [1.82, 2.24) is 5.01 Å². The van der Waals surface area contributed by atoms with Crippen molar-refractivity contribution in [1.29, 1.82) is 0 Å². The van der Waals surface area contributed by atoms with Gasteiger partial charge in [-0.05, 0) is 48.6 Å². The maximum Gasteiger partial charge on any atom is 0.316 e. The third kappa shape index (κ3) is 5.07. The Morgan fingerprint density at radius 3 is 2.43 bits per heavy atom. The molecule has 0 saturated carbocycles. The zero-order valence-electron chi connectivity index (χ0n) is 20.2. The molecule has 1 aromatic heterocycles. The summed E-state index contributed by atoms with van der Waals surface area (Å²) in [5, 5.41) is 8.02. The summed E-state index contributed by atoms with van der Waals surface area (Å²) < 4.78 is 16.3. The Hall–Kier alpha value is -3.65. The lowest BCUT2D eigenvalue weighted by atomic mass is 9.85. The number of thiophene rings is 1. The van der Waals surface area contributed by atoms with Gasteiger partial charge >= 0.3 is 5.97 Å². The van der Waals surface area contributed by atoms with Gasteiger partial charge in [-0.1, -0.05) is 42.5 Å². The van der Waals surface area contributed by atoms with Crippen LogP contribution in [-0.4, -0.2) is 43.4 Å². The van der Waals surface area contributed by atoms with Crippen LogP contribution >= 0.6 is 11.3 Å². The fraction of sp³-hybridized carbons (Fsp3) is 0.296. The summed E-state index contributed by atoms with van der Waals surface area (Å²) in [5.41, 5.74) is 1.59. The van der Waals surface area contributed by atoms with E-state index in [4.69, 9.17) is 14.2 Å². The number of methoxy groups -OCH3 is 2. The van der Waals surface area contributed by atoms with Crippen molar-refractivity contribution < 1.29 is 23.8 Å². The van der Waals surface area contributed by atoms with Gasteiger partial charge in [0.15, 0.2) is 18.1 Å². The van der Waals surface area contributed by atoms with Gasteiger partial charge < -0.3 is 14.2 Å². The van der Waals surface area contributed by atoms with Crippen molar-refractivity contribution in [3.63, 3.8) is 0 Å². The summed E-state index contributed by atoms with van der Waals surface area (Å²) in [6.07, 6.45) is 0.533. The van der Waals surface area contributed by atoms with Crippen molar-refractivity contribution >= 4 is 28.9 Å². The van der Waals surface area contributed by atoms with E-state index in [0.717, 1.165) is 21.7 Å². The highest BCUT2D eigenvalue weighted by Crippen LogP contribution is 2.38. The molecule has 0 radical (unpaired) electrons. The van der Waals surface area contributed by atoms with Gasteiger partial charge in [-0.15, -0.1) is 11.3 Å². The minimum absolute atomic E-state index is 0.361. The highest BCUT2D eigenvalue weighted by atomic mass is 32.1. The molecule has 1 aliphatic rings. The summed E-state index contributed by atoms with van der Waals surface area (Å²) in [6.45, 7) is 3.16. The Kier molecular flexibility index (Phi) is 7.21. The molecule has 0 fully saturated rings. The van der Waals surface area contributed by atoms with Gasteiger partial charge in [-0.3, -0.25) is 9.59 Å². The van der Waals surface area contributed by atoms with Crippen LogP contribution in [0.1, 0.15) is 42.3 Å². The first-order chi connectivity index (χ1) is 16.8. The van der Waals surface area contributed by atoms with E-state index in [1.165, 1.54) is 5.01 Å². The number of nitrogens with zero attached hydrogens (tertiary/aromatic N) is 2. The number of hydrogen-bond donors (Lipinski definition) is 0. The molecule has 7 nitrogen and oxygen atoms in total. The molecule has 0 saturated heterocycles. The third-order valence-electron chi connectivity index (χ3n) is 6.10. The average Bonchev–Trinajstić information content (AvgIpc) is 3.57. The lowest BCUT2D eigenvalue weighted by molar-refractivity contribution is -0.156.